The molecule has 1 aromatic heterocycles. The molecule has 0 atom stereocenters. The zero-order valence-corrected chi connectivity index (χ0v) is 18.4. The quantitative estimate of drug-likeness (QED) is 0.471. The van der Waals surface area contributed by atoms with Crippen LogP contribution >= 0.6 is 11.8 Å². The van der Waals surface area contributed by atoms with Gasteiger partial charge in [-0.3, -0.25) is 4.79 Å². The highest BCUT2D eigenvalue weighted by Gasteiger charge is 2.15. The van der Waals surface area contributed by atoms with Crippen molar-refractivity contribution in [3.8, 4) is 34.5 Å². The zero-order chi connectivity index (χ0) is 22.2. The fourth-order valence-electron chi connectivity index (χ4n) is 2.73. The summed E-state index contributed by atoms with van der Waals surface area (Å²) in [5.74, 6) is 2.62. The zero-order valence-electron chi connectivity index (χ0n) is 17.6. The molecule has 0 unspecified atom stereocenters. The topological polar surface area (TPSA) is 105 Å². The fourth-order valence-corrected chi connectivity index (χ4v) is 3.33. The van der Waals surface area contributed by atoms with Crippen LogP contribution in [-0.4, -0.2) is 50.3 Å². The molecule has 0 aliphatic heterocycles. The summed E-state index contributed by atoms with van der Waals surface area (Å²) >= 11 is 1.16. The first-order valence-corrected chi connectivity index (χ1v) is 10.2. The van der Waals surface area contributed by atoms with Crippen LogP contribution in [0.25, 0.3) is 11.5 Å². The molecule has 2 aromatic carbocycles. The van der Waals surface area contributed by atoms with Gasteiger partial charge in [0.1, 0.15) is 5.75 Å². The van der Waals surface area contributed by atoms with Gasteiger partial charge in [0.2, 0.25) is 17.5 Å². The first-order valence-electron chi connectivity index (χ1n) is 9.24. The van der Waals surface area contributed by atoms with Gasteiger partial charge in [0, 0.05) is 12.1 Å². The second kappa shape index (κ2) is 10.6. The van der Waals surface area contributed by atoms with E-state index < -0.39 is 0 Å². The third kappa shape index (κ3) is 5.60. The van der Waals surface area contributed by atoms with Crippen LogP contribution in [0.2, 0.25) is 0 Å². The van der Waals surface area contributed by atoms with Crippen molar-refractivity contribution in [3.63, 3.8) is 0 Å². The van der Waals surface area contributed by atoms with Gasteiger partial charge >= 0.3 is 0 Å². The number of methoxy groups -OCH3 is 4. The summed E-state index contributed by atoms with van der Waals surface area (Å²) in [6, 6.07) is 10.8. The number of aromatic nitrogens is 2. The number of ether oxygens (including phenoxy) is 4. The summed E-state index contributed by atoms with van der Waals surface area (Å²) in [4.78, 5) is 12.2. The maximum absolute atomic E-state index is 12.2. The van der Waals surface area contributed by atoms with Crippen molar-refractivity contribution in [2.75, 3.05) is 34.2 Å². The number of carbonyl (C=O) groups is 1. The van der Waals surface area contributed by atoms with Gasteiger partial charge in [0.25, 0.3) is 5.22 Å². The van der Waals surface area contributed by atoms with Crippen molar-refractivity contribution in [1.82, 2.24) is 15.5 Å². The third-order valence-corrected chi connectivity index (χ3v) is 5.10. The summed E-state index contributed by atoms with van der Waals surface area (Å²) in [5.41, 5.74) is 1.58. The van der Waals surface area contributed by atoms with Crippen molar-refractivity contribution in [1.29, 1.82) is 0 Å². The van der Waals surface area contributed by atoms with Gasteiger partial charge < -0.3 is 28.7 Å². The number of hydrogen-bond acceptors (Lipinski definition) is 9. The minimum absolute atomic E-state index is 0.134. The number of amides is 1. The smallest absolute Gasteiger partial charge is 0.277 e. The van der Waals surface area contributed by atoms with E-state index in [0.29, 0.717) is 34.9 Å². The molecule has 31 heavy (non-hydrogen) atoms. The molecule has 1 heterocycles. The molecule has 0 aliphatic rings. The van der Waals surface area contributed by atoms with Crippen molar-refractivity contribution in [2.24, 2.45) is 0 Å². The number of hydrogen-bond donors (Lipinski definition) is 1. The molecule has 1 amide bonds. The Hall–Kier alpha value is -3.40. The van der Waals surface area contributed by atoms with Gasteiger partial charge in [0.15, 0.2) is 11.5 Å². The average Bonchev–Trinajstić information content (AvgIpc) is 3.29. The van der Waals surface area contributed by atoms with E-state index in [-0.39, 0.29) is 11.7 Å². The molecule has 1 N–H and O–H groups in total. The van der Waals surface area contributed by atoms with Gasteiger partial charge in [-0.25, -0.2) is 0 Å². The molecule has 9 nitrogen and oxygen atoms in total. The lowest BCUT2D eigenvalue weighted by Gasteiger charge is -2.14. The van der Waals surface area contributed by atoms with Crippen molar-refractivity contribution < 1.29 is 28.2 Å². The van der Waals surface area contributed by atoms with Crippen molar-refractivity contribution >= 4 is 17.7 Å². The van der Waals surface area contributed by atoms with Crippen LogP contribution in [0.3, 0.4) is 0 Å². The monoisotopic (exact) mass is 445 g/mol. The molecule has 10 heteroatoms. The highest BCUT2D eigenvalue weighted by atomic mass is 32.2. The van der Waals surface area contributed by atoms with Crippen LogP contribution in [0, 0.1) is 0 Å². The van der Waals surface area contributed by atoms with E-state index in [1.807, 2.05) is 24.3 Å². The maximum atomic E-state index is 12.2. The number of benzene rings is 2. The Morgan fingerprint density at radius 2 is 1.65 bits per heavy atom. The molecule has 0 radical (unpaired) electrons. The van der Waals surface area contributed by atoms with Crippen molar-refractivity contribution in [3.05, 3.63) is 42.0 Å². The molecule has 0 fully saturated rings. The molecule has 3 aromatic rings. The Kier molecular flexibility index (Phi) is 7.60. The summed E-state index contributed by atoms with van der Waals surface area (Å²) in [7, 11) is 6.22. The lowest BCUT2D eigenvalue weighted by Crippen LogP contribution is -2.24. The van der Waals surface area contributed by atoms with Gasteiger partial charge in [-0.05, 0) is 42.0 Å². The van der Waals surface area contributed by atoms with Crippen LogP contribution in [0.4, 0.5) is 0 Å². The molecule has 0 saturated heterocycles. The molecule has 0 saturated carbocycles. The highest BCUT2D eigenvalue weighted by molar-refractivity contribution is 7.99. The van der Waals surface area contributed by atoms with E-state index in [4.69, 9.17) is 23.4 Å². The van der Waals surface area contributed by atoms with Gasteiger partial charge in [-0.15, -0.1) is 10.2 Å². The first kappa shape index (κ1) is 22.3. The normalized spacial score (nSPS) is 10.5. The number of carbonyl (C=O) groups excluding carboxylic acids is 1. The van der Waals surface area contributed by atoms with Crippen molar-refractivity contribution in [2.45, 2.75) is 11.8 Å². The minimum Gasteiger partial charge on any atom is -0.497 e. The van der Waals surface area contributed by atoms with Gasteiger partial charge in [0.05, 0.1) is 34.2 Å². The van der Waals surface area contributed by atoms with Crippen LogP contribution in [0.5, 0.6) is 23.0 Å². The largest absolute Gasteiger partial charge is 0.497 e. The maximum Gasteiger partial charge on any atom is 0.277 e. The average molecular weight is 445 g/mol. The van der Waals surface area contributed by atoms with Crippen LogP contribution in [-0.2, 0) is 11.3 Å². The minimum atomic E-state index is -0.178. The Morgan fingerprint density at radius 3 is 2.23 bits per heavy atom. The fraction of sp³-hybridized carbons (Fsp3) is 0.286. The number of nitrogens with one attached hydrogen (secondary N) is 1. The molecule has 0 bridgehead atoms. The predicted octanol–water partition coefficient (Wildman–Crippen LogP) is 3.18. The summed E-state index contributed by atoms with van der Waals surface area (Å²) in [5, 5.41) is 11.2. The number of thioether (sulfide) groups is 1. The van der Waals surface area contributed by atoms with E-state index in [2.05, 4.69) is 15.5 Å². The van der Waals surface area contributed by atoms with E-state index in [9.17, 15) is 4.79 Å². The summed E-state index contributed by atoms with van der Waals surface area (Å²) in [6.07, 6.45) is 0. The predicted molar refractivity (Wildman–Crippen MR) is 115 cm³/mol. The highest BCUT2D eigenvalue weighted by Crippen LogP contribution is 2.38. The Morgan fingerprint density at radius 1 is 0.968 bits per heavy atom. The standard InChI is InChI=1S/C21H23N3O6S/c1-26-15-7-5-14(6-8-15)20-23-24-21(30-20)31-12-18(25)22-11-13-9-16(27-2)19(29-4)17(10-13)28-3/h5-10H,11-12H2,1-4H3,(H,22,25). The second-order valence-electron chi connectivity index (χ2n) is 6.20. The van der Waals surface area contributed by atoms with E-state index in [0.717, 1.165) is 28.6 Å². The lowest BCUT2D eigenvalue weighted by atomic mass is 10.2. The number of nitrogens with zero attached hydrogens (tertiary/aromatic N) is 2. The summed E-state index contributed by atoms with van der Waals surface area (Å²) < 4.78 is 26.7. The molecular weight excluding hydrogens is 422 g/mol. The van der Waals surface area contributed by atoms with Crippen LogP contribution in [0.1, 0.15) is 5.56 Å². The van der Waals surface area contributed by atoms with E-state index in [1.165, 1.54) is 7.11 Å². The third-order valence-electron chi connectivity index (χ3n) is 4.28. The Balaban J connectivity index is 1.54. The van der Waals surface area contributed by atoms with E-state index >= 15 is 0 Å². The Labute approximate surface area is 184 Å². The Bertz CT molecular complexity index is 997. The van der Waals surface area contributed by atoms with Gasteiger partial charge in [-0.1, -0.05) is 11.8 Å². The first-order chi connectivity index (χ1) is 15.1. The summed E-state index contributed by atoms with van der Waals surface area (Å²) in [6.45, 7) is 0.303. The van der Waals surface area contributed by atoms with Crippen LogP contribution in [0.15, 0.2) is 46.0 Å². The van der Waals surface area contributed by atoms with Gasteiger partial charge in [-0.2, -0.15) is 0 Å². The molecule has 164 valence electrons. The molecule has 0 spiro atoms. The van der Waals surface area contributed by atoms with E-state index in [1.54, 1.807) is 33.5 Å². The molecular formula is C21H23N3O6S. The molecule has 0 aliphatic carbocycles. The van der Waals surface area contributed by atoms with Crippen LogP contribution < -0.4 is 24.3 Å². The molecule has 3 rings (SSSR count). The number of rotatable bonds is 10. The SMILES string of the molecule is COc1ccc(-c2nnc(SCC(=O)NCc3cc(OC)c(OC)c(OC)c3)o2)cc1. The second-order valence-corrected chi connectivity index (χ2v) is 7.13. The lowest BCUT2D eigenvalue weighted by molar-refractivity contribution is -0.118.